The molecule has 0 aliphatic rings. The van der Waals surface area contributed by atoms with Crippen molar-refractivity contribution in [2.24, 2.45) is 5.73 Å². The maximum atomic E-state index is 13.7. The van der Waals surface area contributed by atoms with Crippen LogP contribution in [-0.2, 0) is 6.61 Å². The third-order valence-corrected chi connectivity index (χ3v) is 7.26. The van der Waals surface area contributed by atoms with Gasteiger partial charge in [0.25, 0.3) is 18.2 Å². The summed E-state index contributed by atoms with van der Waals surface area (Å²) in [5, 5.41) is 3.45. The third-order valence-electron chi connectivity index (χ3n) is 5.86. The molecule has 39 heavy (non-hydrogen) atoms. The van der Waals surface area contributed by atoms with E-state index in [0.29, 0.717) is 33.0 Å². The van der Waals surface area contributed by atoms with Gasteiger partial charge in [0, 0.05) is 5.39 Å². The van der Waals surface area contributed by atoms with E-state index in [4.69, 9.17) is 26.5 Å². The van der Waals surface area contributed by atoms with Gasteiger partial charge >= 0.3 is 0 Å². The zero-order valence-corrected chi connectivity index (χ0v) is 21.9. The van der Waals surface area contributed by atoms with Crippen molar-refractivity contribution in [1.82, 2.24) is 4.98 Å². The van der Waals surface area contributed by atoms with Crippen molar-refractivity contribution >= 4 is 50.7 Å². The van der Waals surface area contributed by atoms with Crippen LogP contribution in [0.1, 0.15) is 43.7 Å². The lowest BCUT2D eigenvalue weighted by molar-refractivity contribution is 0.0992. The predicted octanol–water partition coefficient (Wildman–Crippen LogP) is 7.39. The number of pyridine rings is 1. The van der Waals surface area contributed by atoms with Crippen LogP contribution >= 0.6 is 22.9 Å². The number of ether oxygens (including phenoxy) is 1. The largest absolute Gasteiger partial charge is 0.484 e. The number of carbonyl (C=O) groups excluding carboxylic acids is 2. The van der Waals surface area contributed by atoms with Gasteiger partial charge in [-0.05, 0) is 47.9 Å². The molecule has 0 atom stereocenters. The van der Waals surface area contributed by atoms with Crippen LogP contribution in [0.25, 0.3) is 21.3 Å². The molecule has 11 heteroatoms. The number of primary amides is 1. The first kappa shape index (κ1) is 26.3. The Morgan fingerprint density at radius 3 is 2.59 bits per heavy atom. The van der Waals surface area contributed by atoms with Crippen LogP contribution in [0.15, 0.2) is 71.1 Å². The van der Waals surface area contributed by atoms with Crippen LogP contribution < -0.4 is 15.8 Å². The molecule has 3 N–H and O–H groups in total. The molecule has 7 nitrogen and oxygen atoms in total. The highest BCUT2D eigenvalue weighted by Crippen LogP contribution is 2.42. The Balaban J connectivity index is 1.49. The van der Waals surface area contributed by atoms with Crippen molar-refractivity contribution < 1.29 is 27.5 Å². The number of nitrogens with two attached hydrogens (primary N) is 1. The molecule has 0 bridgehead atoms. The molecule has 0 aliphatic heterocycles. The standard InChI is InChI=1S/C28H20ClF2N3O4S/c1-14-6-5-9-18(29)23(14)37-13-16-10-11-20(38-16)27(36)34-22-21-17(15-7-3-2-4-8-15)12-19(25(30)31)33-28(21)39-24(22)26(32)35/h2-12,25H,13H2,1H3,(H2,32,35)(H,34,36). The monoisotopic (exact) mass is 567 g/mol. The van der Waals surface area contributed by atoms with Crippen LogP contribution in [0.5, 0.6) is 5.75 Å². The van der Waals surface area contributed by atoms with Gasteiger partial charge in [-0.3, -0.25) is 9.59 Å². The number of aryl methyl sites for hydroxylation is 1. The molecule has 0 fully saturated rings. The first-order valence-electron chi connectivity index (χ1n) is 11.6. The van der Waals surface area contributed by atoms with Gasteiger partial charge in [0.2, 0.25) is 0 Å². The van der Waals surface area contributed by atoms with Gasteiger partial charge in [-0.15, -0.1) is 11.3 Å². The summed E-state index contributed by atoms with van der Waals surface area (Å²) in [6, 6.07) is 18.4. The molecule has 0 aliphatic carbocycles. The second kappa shape index (κ2) is 10.8. The minimum Gasteiger partial charge on any atom is -0.484 e. The average molecular weight is 568 g/mol. The second-order valence-electron chi connectivity index (χ2n) is 8.51. The fourth-order valence-electron chi connectivity index (χ4n) is 4.06. The van der Waals surface area contributed by atoms with Crippen molar-refractivity contribution in [3.63, 3.8) is 0 Å². The molecular weight excluding hydrogens is 548 g/mol. The lowest BCUT2D eigenvalue weighted by Gasteiger charge is -2.11. The van der Waals surface area contributed by atoms with Crippen molar-refractivity contribution in [2.45, 2.75) is 20.0 Å². The number of alkyl halides is 2. The highest BCUT2D eigenvalue weighted by molar-refractivity contribution is 7.21. The number of thiophene rings is 1. The Hall–Kier alpha value is -4.28. The molecule has 3 heterocycles. The number of carbonyl (C=O) groups is 2. The van der Waals surface area contributed by atoms with Gasteiger partial charge < -0.3 is 20.2 Å². The summed E-state index contributed by atoms with van der Waals surface area (Å²) < 4.78 is 38.7. The second-order valence-corrected chi connectivity index (χ2v) is 9.91. The topological polar surface area (TPSA) is 107 Å². The fourth-order valence-corrected chi connectivity index (χ4v) is 5.35. The highest BCUT2D eigenvalue weighted by Gasteiger charge is 2.26. The Bertz CT molecular complexity index is 1680. The third kappa shape index (κ3) is 5.34. The SMILES string of the molecule is Cc1cccc(Cl)c1OCc1ccc(C(=O)Nc2c(C(N)=O)sc3nc(C(F)F)cc(-c4ccccc4)c23)o1. The predicted molar refractivity (Wildman–Crippen MR) is 146 cm³/mol. The van der Waals surface area contributed by atoms with Crippen molar-refractivity contribution in [3.05, 3.63) is 99.4 Å². The van der Waals surface area contributed by atoms with Crippen LogP contribution in [0, 0.1) is 6.92 Å². The molecule has 0 spiro atoms. The zero-order chi connectivity index (χ0) is 27.7. The van der Waals surface area contributed by atoms with Gasteiger partial charge in [-0.25, -0.2) is 13.8 Å². The number of hydrogen-bond acceptors (Lipinski definition) is 6. The maximum absolute atomic E-state index is 13.7. The van der Waals surface area contributed by atoms with Crippen LogP contribution in [-0.4, -0.2) is 16.8 Å². The quantitative estimate of drug-likeness (QED) is 0.203. The molecule has 5 rings (SSSR count). The van der Waals surface area contributed by atoms with E-state index in [2.05, 4.69) is 10.3 Å². The summed E-state index contributed by atoms with van der Waals surface area (Å²) >= 11 is 7.03. The molecule has 0 saturated carbocycles. The number of amides is 2. The fraction of sp³-hybridized carbons (Fsp3) is 0.107. The minimum atomic E-state index is -2.84. The first-order valence-corrected chi connectivity index (χ1v) is 12.8. The number of furan rings is 1. The number of nitrogens with zero attached hydrogens (tertiary/aromatic N) is 1. The minimum absolute atomic E-state index is 0.0181. The van der Waals surface area contributed by atoms with E-state index in [1.54, 1.807) is 48.5 Å². The first-order chi connectivity index (χ1) is 18.7. The summed E-state index contributed by atoms with van der Waals surface area (Å²) in [7, 11) is 0. The van der Waals surface area contributed by atoms with E-state index in [0.717, 1.165) is 16.9 Å². The Morgan fingerprint density at radius 1 is 1.13 bits per heavy atom. The van der Waals surface area contributed by atoms with E-state index in [9.17, 15) is 18.4 Å². The molecule has 2 amide bonds. The summed E-state index contributed by atoms with van der Waals surface area (Å²) in [6.45, 7) is 1.87. The summed E-state index contributed by atoms with van der Waals surface area (Å²) in [5.41, 5.74) is 7.02. The number of para-hydroxylation sites is 1. The molecule has 2 aromatic carbocycles. The Kier molecular flexibility index (Phi) is 7.32. The number of halogens is 3. The van der Waals surface area contributed by atoms with Gasteiger partial charge in [0.05, 0.1) is 10.7 Å². The highest BCUT2D eigenvalue weighted by atomic mass is 35.5. The number of fused-ring (bicyclic) bond motifs is 1. The molecule has 0 saturated heterocycles. The van der Waals surface area contributed by atoms with E-state index in [1.807, 2.05) is 13.0 Å². The van der Waals surface area contributed by atoms with E-state index in [-0.39, 0.29) is 27.8 Å². The molecular formula is C28H20ClF2N3O4S. The Morgan fingerprint density at radius 2 is 1.90 bits per heavy atom. The summed E-state index contributed by atoms with van der Waals surface area (Å²) in [6.07, 6.45) is -2.84. The molecule has 3 aromatic heterocycles. The normalized spacial score (nSPS) is 11.2. The molecule has 5 aromatic rings. The number of aromatic nitrogens is 1. The van der Waals surface area contributed by atoms with Gasteiger partial charge in [-0.1, -0.05) is 54.1 Å². The number of nitrogens with one attached hydrogen (secondary N) is 1. The number of anilines is 1. The van der Waals surface area contributed by atoms with Crippen LogP contribution in [0.4, 0.5) is 14.5 Å². The molecule has 198 valence electrons. The molecule has 0 unspecified atom stereocenters. The van der Waals surface area contributed by atoms with Gasteiger partial charge in [-0.2, -0.15) is 0 Å². The smallest absolute Gasteiger partial charge is 0.291 e. The Labute approximate surface area is 230 Å². The summed E-state index contributed by atoms with van der Waals surface area (Å²) in [5.74, 6) is -0.707. The van der Waals surface area contributed by atoms with Crippen LogP contribution in [0.3, 0.4) is 0 Å². The number of benzene rings is 2. The molecule has 0 radical (unpaired) electrons. The van der Waals surface area contributed by atoms with E-state index in [1.165, 1.54) is 12.1 Å². The lowest BCUT2D eigenvalue weighted by atomic mass is 10.0. The van der Waals surface area contributed by atoms with Crippen molar-refractivity contribution in [1.29, 1.82) is 0 Å². The summed E-state index contributed by atoms with van der Waals surface area (Å²) in [4.78, 5) is 29.6. The van der Waals surface area contributed by atoms with E-state index >= 15 is 0 Å². The van der Waals surface area contributed by atoms with Crippen LogP contribution in [0.2, 0.25) is 5.02 Å². The van der Waals surface area contributed by atoms with Gasteiger partial charge in [0.1, 0.15) is 33.5 Å². The van der Waals surface area contributed by atoms with Gasteiger partial charge in [0.15, 0.2) is 5.76 Å². The van der Waals surface area contributed by atoms with Crippen molar-refractivity contribution in [2.75, 3.05) is 5.32 Å². The number of hydrogen-bond donors (Lipinski definition) is 2. The van der Waals surface area contributed by atoms with Crippen molar-refractivity contribution in [3.8, 4) is 16.9 Å². The number of rotatable bonds is 8. The maximum Gasteiger partial charge on any atom is 0.291 e. The van der Waals surface area contributed by atoms with E-state index < -0.39 is 23.9 Å². The average Bonchev–Trinajstić information content (AvgIpc) is 3.53. The zero-order valence-electron chi connectivity index (χ0n) is 20.3. The lowest BCUT2D eigenvalue weighted by Crippen LogP contribution is -2.16.